The van der Waals surface area contributed by atoms with E-state index in [1.54, 1.807) is 6.92 Å². The minimum atomic E-state index is 0.237. The Balaban J connectivity index is 2.34. The van der Waals surface area contributed by atoms with Gasteiger partial charge >= 0.3 is 0 Å². The first-order valence-corrected chi connectivity index (χ1v) is 6.62. The third-order valence-corrected chi connectivity index (χ3v) is 2.80. The van der Waals surface area contributed by atoms with Crippen LogP contribution in [0, 0.1) is 0 Å². The van der Waals surface area contributed by atoms with E-state index in [0.29, 0.717) is 18.1 Å². The third-order valence-electron chi connectivity index (χ3n) is 2.51. The lowest BCUT2D eigenvalue weighted by molar-refractivity contribution is -0.117. The molecule has 3 nitrogen and oxygen atoms in total. The third kappa shape index (κ3) is 5.52. The molecule has 0 aliphatic heterocycles. The lowest BCUT2D eigenvalue weighted by Gasteiger charge is -2.08. The maximum Gasteiger partial charge on any atom is 0.137 e. The molecule has 0 aromatic heterocycles. The summed E-state index contributed by atoms with van der Waals surface area (Å²) >= 11 is 6.09. The van der Waals surface area contributed by atoms with E-state index < -0.39 is 0 Å². The van der Waals surface area contributed by atoms with Gasteiger partial charge in [-0.15, -0.1) is 0 Å². The van der Waals surface area contributed by atoms with E-state index in [4.69, 9.17) is 16.3 Å². The number of nitrogens with one attached hydrogen (secondary N) is 1. The molecule has 0 amide bonds. The van der Waals surface area contributed by atoms with Crippen LogP contribution in [0.5, 0.6) is 5.75 Å². The Bertz CT molecular complexity index is 393. The van der Waals surface area contributed by atoms with E-state index in [1.165, 1.54) is 0 Å². The summed E-state index contributed by atoms with van der Waals surface area (Å²) in [4.78, 5) is 10.8. The molecule has 0 saturated carbocycles. The summed E-state index contributed by atoms with van der Waals surface area (Å²) in [7, 11) is 0. The highest BCUT2D eigenvalue weighted by Gasteiger charge is 2.02. The van der Waals surface area contributed by atoms with Gasteiger partial charge in [0, 0.05) is 13.0 Å². The predicted octanol–water partition coefficient (Wildman–Crippen LogP) is 3.20. The first kappa shape index (κ1) is 15.0. The van der Waals surface area contributed by atoms with Crippen molar-refractivity contribution in [1.82, 2.24) is 5.32 Å². The molecule has 0 bridgehead atoms. The van der Waals surface area contributed by atoms with Crippen molar-refractivity contribution in [3.05, 3.63) is 28.8 Å². The molecule has 0 fully saturated rings. The van der Waals surface area contributed by atoms with Crippen LogP contribution in [0.3, 0.4) is 0 Å². The number of benzene rings is 1. The summed E-state index contributed by atoms with van der Waals surface area (Å²) in [5, 5.41) is 3.92. The van der Waals surface area contributed by atoms with Crippen molar-refractivity contribution in [3.8, 4) is 5.75 Å². The zero-order chi connectivity index (χ0) is 13.4. The minimum Gasteiger partial charge on any atom is -0.492 e. The lowest BCUT2D eigenvalue weighted by atomic mass is 10.2. The number of hydrogen-bond acceptors (Lipinski definition) is 3. The van der Waals surface area contributed by atoms with Crippen LogP contribution in [0.1, 0.15) is 32.3 Å². The maximum absolute atomic E-state index is 10.8. The molecule has 1 N–H and O–H groups in total. The van der Waals surface area contributed by atoms with Gasteiger partial charge in [0.2, 0.25) is 0 Å². The van der Waals surface area contributed by atoms with E-state index in [-0.39, 0.29) is 5.78 Å². The van der Waals surface area contributed by atoms with Crippen LogP contribution in [-0.4, -0.2) is 18.9 Å². The molecule has 0 heterocycles. The number of carbonyl (C=O) groups excluding carboxylic acids is 1. The highest BCUT2D eigenvalue weighted by atomic mass is 35.5. The molecule has 100 valence electrons. The topological polar surface area (TPSA) is 38.3 Å². The van der Waals surface area contributed by atoms with Gasteiger partial charge in [-0.1, -0.05) is 17.7 Å². The smallest absolute Gasteiger partial charge is 0.137 e. The van der Waals surface area contributed by atoms with Crippen molar-refractivity contribution in [2.75, 3.05) is 13.2 Å². The summed E-state index contributed by atoms with van der Waals surface area (Å²) in [5.74, 6) is 0.959. The summed E-state index contributed by atoms with van der Waals surface area (Å²) in [6.07, 6.45) is 1.51. The normalized spacial score (nSPS) is 10.4. The number of Topliss-reactive ketones (excluding diaryl/α,β-unsaturated/α-hetero) is 1. The second-order valence-electron chi connectivity index (χ2n) is 4.18. The van der Waals surface area contributed by atoms with Gasteiger partial charge in [-0.25, -0.2) is 0 Å². The van der Waals surface area contributed by atoms with Crippen molar-refractivity contribution in [2.24, 2.45) is 0 Å². The Morgan fingerprint density at radius 2 is 2.22 bits per heavy atom. The number of rotatable bonds is 8. The SMILES string of the molecule is CCOc1ccc(CNCCCC(C)=O)cc1Cl. The number of ketones is 1. The van der Waals surface area contributed by atoms with E-state index in [9.17, 15) is 4.79 Å². The minimum absolute atomic E-state index is 0.237. The van der Waals surface area contributed by atoms with Gasteiger partial charge in [0.05, 0.1) is 11.6 Å². The largest absolute Gasteiger partial charge is 0.492 e. The van der Waals surface area contributed by atoms with Crippen molar-refractivity contribution < 1.29 is 9.53 Å². The molecular formula is C14H20ClNO2. The van der Waals surface area contributed by atoms with Gasteiger partial charge < -0.3 is 14.8 Å². The highest BCUT2D eigenvalue weighted by Crippen LogP contribution is 2.25. The van der Waals surface area contributed by atoms with E-state index >= 15 is 0 Å². The molecule has 0 aliphatic carbocycles. The zero-order valence-electron chi connectivity index (χ0n) is 11.0. The molecule has 1 rings (SSSR count). The number of ether oxygens (including phenoxy) is 1. The zero-order valence-corrected chi connectivity index (χ0v) is 11.7. The van der Waals surface area contributed by atoms with Gasteiger partial charge in [0.25, 0.3) is 0 Å². The van der Waals surface area contributed by atoms with Crippen molar-refractivity contribution >= 4 is 17.4 Å². The molecular weight excluding hydrogens is 250 g/mol. The highest BCUT2D eigenvalue weighted by molar-refractivity contribution is 6.32. The first-order valence-electron chi connectivity index (χ1n) is 6.25. The van der Waals surface area contributed by atoms with Crippen LogP contribution in [0.15, 0.2) is 18.2 Å². The van der Waals surface area contributed by atoms with E-state index in [1.807, 2.05) is 25.1 Å². The molecule has 1 aromatic carbocycles. The molecule has 0 atom stereocenters. The Morgan fingerprint density at radius 1 is 1.44 bits per heavy atom. The molecule has 0 saturated heterocycles. The molecule has 0 radical (unpaired) electrons. The number of halogens is 1. The maximum atomic E-state index is 10.8. The van der Waals surface area contributed by atoms with Gasteiger partial charge in [-0.3, -0.25) is 0 Å². The Hall–Kier alpha value is -1.06. The second kappa shape index (κ2) is 8.11. The predicted molar refractivity (Wildman–Crippen MR) is 74.2 cm³/mol. The summed E-state index contributed by atoms with van der Waals surface area (Å²) in [6, 6.07) is 5.79. The quantitative estimate of drug-likeness (QED) is 0.737. The molecule has 0 aliphatic rings. The van der Waals surface area contributed by atoms with Crippen LogP contribution < -0.4 is 10.1 Å². The average molecular weight is 270 g/mol. The molecule has 0 spiro atoms. The van der Waals surface area contributed by atoms with E-state index in [2.05, 4.69) is 5.32 Å². The van der Waals surface area contributed by atoms with Gasteiger partial charge in [0.1, 0.15) is 11.5 Å². The summed E-state index contributed by atoms with van der Waals surface area (Å²) < 4.78 is 5.37. The standard InChI is InChI=1S/C14H20ClNO2/c1-3-18-14-7-6-12(9-13(14)15)10-16-8-4-5-11(2)17/h6-7,9,16H,3-5,8,10H2,1-2H3. The van der Waals surface area contributed by atoms with Crippen LogP contribution in [0.25, 0.3) is 0 Å². The average Bonchev–Trinajstić information content (AvgIpc) is 2.32. The fourth-order valence-electron chi connectivity index (χ4n) is 1.62. The van der Waals surface area contributed by atoms with Crippen molar-refractivity contribution in [3.63, 3.8) is 0 Å². The van der Waals surface area contributed by atoms with Crippen molar-refractivity contribution in [1.29, 1.82) is 0 Å². The van der Waals surface area contributed by atoms with Gasteiger partial charge in [0.15, 0.2) is 0 Å². The lowest BCUT2D eigenvalue weighted by Crippen LogP contribution is -2.15. The Kier molecular flexibility index (Phi) is 6.76. The molecule has 0 unspecified atom stereocenters. The first-order chi connectivity index (χ1) is 8.63. The van der Waals surface area contributed by atoms with Gasteiger partial charge in [-0.05, 0) is 44.5 Å². The number of carbonyl (C=O) groups is 1. The fraction of sp³-hybridized carbons (Fsp3) is 0.500. The number of hydrogen-bond donors (Lipinski definition) is 1. The molecule has 1 aromatic rings. The van der Waals surface area contributed by atoms with Gasteiger partial charge in [-0.2, -0.15) is 0 Å². The van der Waals surface area contributed by atoms with Crippen molar-refractivity contribution in [2.45, 2.75) is 33.2 Å². The second-order valence-corrected chi connectivity index (χ2v) is 4.59. The summed E-state index contributed by atoms with van der Waals surface area (Å²) in [6.45, 7) is 5.75. The summed E-state index contributed by atoms with van der Waals surface area (Å²) in [5.41, 5.74) is 1.12. The van der Waals surface area contributed by atoms with Crippen LogP contribution in [-0.2, 0) is 11.3 Å². The Labute approximate surface area is 113 Å². The van der Waals surface area contributed by atoms with Crippen LogP contribution in [0.4, 0.5) is 0 Å². The Morgan fingerprint density at radius 3 is 2.83 bits per heavy atom. The fourth-order valence-corrected chi connectivity index (χ4v) is 1.88. The van der Waals surface area contributed by atoms with Crippen LogP contribution >= 0.6 is 11.6 Å². The molecule has 4 heteroatoms. The molecule has 18 heavy (non-hydrogen) atoms. The van der Waals surface area contributed by atoms with Crippen LogP contribution in [0.2, 0.25) is 5.02 Å². The van der Waals surface area contributed by atoms with E-state index in [0.717, 1.165) is 30.8 Å². The monoisotopic (exact) mass is 269 g/mol.